The molecular formula is C29H32F2N8. The second-order valence-corrected chi connectivity index (χ2v) is 11.6. The normalized spacial score (nSPS) is 20.9. The minimum atomic E-state index is -0.617. The number of nitrogens with zero attached hydrogens (tertiary/aromatic N) is 7. The molecule has 3 aromatic heterocycles. The Kier molecular flexibility index (Phi) is 5.85. The van der Waals surface area contributed by atoms with Gasteiger partial charge in [0.05, 0.1) is 11.7 Å². The Balaban J connectivity index is 1.06. The van der Waals surface area contributed by atoms with Crippen molar-refractivity contribution in [3.05, 3.63) is 59.7 Å². The largest absolute Gasteiger partial charge is 0.325 e. The molecule has 0 bridgehead atoms. The van der Waals surface area contributed by atoms with Gasteiger partial charge in [0.25, 0.3) is 0 Å². The van der Waals surface area contributed by atoms with Gasteiger partial charge in [0, 0.05) is 43.9 Å². The van der Waals surface area contributed by atoms with Gasteiger partial charge in [-0.1, -0.05) is 6.07 Å². The Hall–Kier alpha value is -3.50. The van der Waals surface area contributed by atoms with Crippen molar-refractivity contribution >= 4 is 22.8 Å². The standard InChI is InChI=1S/C29H32F2N8/c1-18-3-6-25-35-27-21(30)11-20(12-23(27)39(18)25)26-22(31)14-33-28(36-26)34-24-5-4-19(13-32-24)15-38-16-29(17-38)7-9-37(2)10-8-29/h4-5,11-14,18H,3,6-10,15-17H2,1-2H3,(H,32,33,34,36)/t18-/m1/s1. The summed E-state index contributed by atoms with van der Waals surface area (Å²) in [5.41, 5.74) is 3.02. The molecule has 1 N–H and O–H groups in total. The lowest BCUT2D eigenvalue weighted by molar-refractivity contribution is -0.0471. The molecule has 4 aromatic rings. The van der Waals surface area contributed by atoms with Crippen molar-refractivity contribution in [2.45, 2.75) is 45.2 Å². The van der Waals surface area contributed by atoms with Gasteiger partial charge < -0.3 is 14.8 Å². The summed E-state index contributed by atoms with van der Waals surface area (Å²) in [6.07, 6.45) is 7.30. The number of benzene rings is 1. The minimum Gasteiger partial charge on any atom is -0.325 e. The van der Waals surface area contributed by atoms with E-state index in [4.69, 9.17) is 0 Å². The van der Waals surface area contributed by atoms with E-state index in [0.717, 1.165) is 50.1 Å². The fraction of sp³-hybridized carbons (Fsp3) is 0.448. The quantitative estimate of drug-likeness (QED) is 0.392. The molecule has 0 unspecified atom stereocenters. The lowest BCUT2D eigenvalue weighted by atomic mass is 9.72. The maximum Gasteiger partial charge on any atom is 0.229 e. The van der Waals surface area contributed by atoms with Gasteiger partial charge in [0.1, 0.15) is 22.9 Å². The number of hydrogen-bond acceptors (Lipinski definition) is 7. The monoisotopic (exact) mass is 530 g/mol. The van der Waals surface area contributed by atoms with Crippen LogP contribution in [-0.2, 0) is 13.0 Å². The van der Waals surface area contributed by atoms with E-state index in [1.807, 2.05) is 22.9 Å². The number of imidazole rings is 1. The predicted molar refractivity (Wildman–Crippen MR) is 146 cm³/mol. The molecule has 7 rings (SSSR count). The number of piperidine rings is 1. The number of anilines is 2. The van der Waals surface area contributed by atoms with E-state index >= 15 is 0 Å². The fourth-order valence-corrected chi connectivity index (χ4v) is 6.49. The molecular weight excluding hydrogens is 498 g/mol. The summed E-state index contributed by atoms with van der Waals surface area (Å²) in [5, 5.41) is 3.07. The molecule has 1 atom stereocenters. The van der Waals surface area contributed by atoms with E-state index in [2.05, 4.69) is 49.0 Å². The van der Waals surface area contributed by atoms with Crippen LogP contribution in [0.4, 0.5) is 20.5 Å². The molecule has 0 radical (unpaired) electrons. The molecule has 39 heavy (non-hydrogen) atoms. The number of pyridine rings is 1. The zero-order valence-corrected chi connectivity index (χ0v) is 22.3. The lowest BCUT2D eigenvalue weighted by Crippen LogP contribution is -2.59. The third-order valence-electron chi connectivity index (χ3n) is 8.70. The summed E-state index contributed by atoms with van der Waals surface area (Å²) in [6.45, 7) is 7.66. The summed E-state index contributed by atoms with van der Waals surface area (Å²) in [5.74, 6) is 0.532. The highest BCUT2D eigenvalue weighted by Crippen LogP contribution is 2.41. The third kappa shape index (κ3) is 4.45. The number of aryl methyl sites for hydroxylation is 1. The van der Waals surface area contributed by atoms with Crippen LogP contribution in [0.3, 0.4) is 0 Å². The Morgan fingerprint density at radius 1 is 1.03 bits per heavy atom. The summed E-state index contributed by atoms with van der Waals surface area (Å²) in [6, 6.07) is 7.21. The van der Waals surface area contributed by atoms with Gasteiger partial charge in [0.2, 0.25) is 5.95 Å². The molecule has 0 saturated carbocycles. The van der Waals surface area contributed by atoms with Gasteiger partial charge in [-0.3, -0.25) is 4.90 Å². The third-order valence-corrected chi connectivity index (χ3v) is 8.70. The van der Waals surface area contributed by atoms with E-state index < -0.39 is 11.6 Å². The maximum atomic E-state index is 15.0. The first-order valence-corrected chi connectivity index (χ1v) is 13.7. The topological polar surface area (TPSA) is 75.0 Å². The number of halogens is 2. The smallest absolute Gasteiger partial charge is 0.229 e. The summed E-state index contributed by atoms with van der Waals surface area (Å²) in [7, 11) is 2.20. The Morgan fingerprint density at radius 2 is 1.85 bits per heavy atom. The van der Waals surface area contributed by atoms with E-state index in [-0.39, 0.29) is 17.7 Å². The highest BCUT2D eigenvalue weighted by Gasteiger charge is 2.43. The van der Waals surface area contributed by atoms with Crippen LogP contribution in [0.5, 0.6) is 0 Å². The lowest BCUT2D eigenvalue weighted by Gasteiger charge is -2.54. The van der Waals surface area contributed by atoms with Gasteiger partial charge in [-0.05, 0) is 75.5 Å². The van der Waals surface area contributed by atoms with Gasteiger partial charge >= 0.3 is 0 Å². The number of hydrogen-bond donors (Lipinski definition) is 1. The van der Waals surface area contributed by atoms with Crippen LogP contribution in [0.15, 0.2) is 36.7 Å². The van der Waals surface area contributed by atoms with Crippen molar-refractivity contribution in [1.82, 2.24) is 34.3 Å². The highest BCUT2D eigenvalue weighted by atomic mass is 19.1. The summed E-state index contributed by atoms with van der Waals surface area (Å²) < 4.78 is 31.9. The highest BCUT2D eigenvalue weighted by molar-refractivity contribution is 5.83. The van der Waals surface area contributed by atoms with E-state index in [0.29, 0.717) is 27.8 Å². The zero-order valence-electron chi connectivity index (χ0n) is 22.3. The van der Waals surface area contributed by atoms with Gasteiger partial charge in [-0.2, -0.15) is 0 Å². The first-order chi connectivity index (χ1) is 18.9. The Bertz CT molecular complexity index is 1530. The molecule has 202 valence electrons. The molecule has 2 saturated heterocycles. The van der Waals surface area contributed by atoms with Crippen molar-refractivity contribution < 1.29 is 8.78 Å². The molecule has 6 heterocycles. The van der Waals surface area contributed by atoms with Gasteiger partial charge in [-0.25, -0.2) is 28.7 Å². The van der Waals surface area contributed by atoms with Crippen molar-refractivity contribution in [1.29, 1.82) is 0 Å². The number of aromatic nitrogens is 5. The number of nitrogens with one attached hydrogen (secondary N) is 1. The summed E-state index contributed by atoms with van der Waals surface area (Å²) in [4.78, 5) is 22.4. The van der Waals surface area contributed by atoms with Crippen molar-refractivity contribution in [2.75, 3.05) is 38.5 Å². The van der Waals surface area contributed by atoms with Crippen LogP contribution in [0, 0.1) is 17.0 Å². The molecule has 8 nitrogen and oxygen atoms in total. The van der Waals surface area contributed by atoms with Crippen molar-refractivity contribution in [3.8, 4) is 11.3 Å². The SMILES string of the molecule is C[C@@H]1CCc2nc3c(F)cc(-c4nc(Nc5ccc(CN6CC7(CCN(C)CC7)C6)cn5)ncc4F)cc3n21. The van der Waals surface area contributed by atoms with Crippen LogP contribution in [-0.4, -0.2) is 67.5 Å². The fourth-order valence-electron chi connectivity index (χ4n) is 6.49. The number of likely N-dealkylation sites (tertiary alicyclic amines) is 2. The first kappa shape index (κ1) is 24.5. The zero-order chi connectivity index (χ0) is 26.7. The Morgan fingerprint density at radius 3 is 2.62 bits per heavy atom. The second kappa shape index (κ2) is 9.31. The summed E-state index contributed by atoms with van der Waals surface area (Å²) >= 11 is 0. The first-order valence-electron chi connectivity index (χ1n) is 13.7. The van der Waals surface area contributed by atoms with Crippen LogP contribution < -0.4 is 5.32 Å². The predicted octanol–water partition coefficient (Wildman–Crippen LogP) is 4.94. The molecule has 10 heteroatoms. The van der Waals surface area contributed by atoms with E-state index in [9.17, 15) is 8.78 Å². The van der Waals surface area contributed by atoms with Gasteiger partial charge in [-0.15, -0.1) is 0 Å². The molecule has 0 amide bonds. The molecule has 3 aliphatic rings. The van der Waals surface area contributed by atoms with Crippen molar-refractivity contribution in [2.24, 2.45) is 5.41 Å². The van der Waals surface area contributed by atoms with E-state index in [1.54, 1.807) is 6.07 Å². The molecule has 1 aromatic carbocycles. The molecule has 3 aliphatic heterocycles. The van der Waals surface area contributed by atoms with Crippen LogP contribution in [0.25, 0.3) is 22.3 Å². The second-order valence-electron chi connectivity index (χ2n) is 11.6. The molecule has 2 fully saturated rings. The average Bonchev–Trinajstić information content (AvgIpc) is 3.47. The number of fused-ring (bicyclic) bond motifs is 3. The van der Waals surface area contributed by atoms with Gasteiger partial charge in [0.15, 0.2) is 11.6 Å². The van der Waals surface area contributed by atoms with E-state index in [1.165, 1.54) is 32.0 Å². The minimum absolute atomic E-state index is 0.0340. The molecule has 1 spiro atoms. The Labute approximate surface area is 226 Å². The average molecular weight is 531 g/mol. The van der Waals surface area contributed by atoms with Crippen LogP contribution in [0.1, 0.15) is 43.6 Å². The van der Waals surface area contributed by atoms with Crippen LogP contribution >= 0.6 is 0 Å². The number of rotatable bonds is 5. The van der Waals surface area contributed by atoms with Crippen LogP contribution in [0.2, 0.25) is 0 Å². The van der Waals surface area contributed by atoms with Crippen molar-refractivity contribution in [3.63, 3.8) is 0 Å². The maximum absolute atomic E-state index is 15.0. The molecule has 0 aliphatic carbocycles.